The van der Waals surface area contributed by atoms with Crippen LogP contribution in [0.25, 0.3) is 0 Å². The van der Waals surface area contributed by atoms with Gasteiger partial charge in [0.05, 0.1) is 17.6 Å². The van der Waals surface area contributed by atoms with E-state index in [2.05, 4.69) is 5.32 Å². The molecular weight excluding hydrogens is 169 g/mol. The van der Waals surface area contributed by atoms with E-state index in [4.69, 9.17) is 5.26 Å². The minimum Gasteiger partial charge on any atom is -0.390 e. The highest BCUT2D eigenvalue weighted by atomic mass is 19.4. The van der Waals surface area contributed by atoms with Crippen molar-refractivity contribution in [3.05, 3.63) is 11.8 Å². The first kappa shape index (κ1) is 8.91. The summed E-state index contributed by atoms with van der Waals surface area (Å²) in [6.07, 6.45) is -3.20. The van der Waals surface area contributed by atoms with Gasteiger partial charge in [-0.15, -0.1) is 0 Å². The standard InChI is InChI=1S/C7H7F3N2/c8-7(9,10)6-1-2-12-4-5(6)3-11/h4,6,12H,1-2H2/t6-/m0/s1. The van der Waals surface area contributed by atoms with Gasteiger partial charge in [0.2, 0.25) is 0 Å². The maximum atomic E-state index is 12.2. The third kappa shape index (κ3) is 1.70. The summed E-state index contributed by atoms with van der Waals surface area (Å²) < 4.78 is 36.5. The summed E-state index contributed by atoms with van der Waals surface area (Å²) in [4.78, 5) is 0. The maximum absolute atomic E-state index is 12.2. The van der Waals surface area contributed by atoms with Crippen molar-refractivity contribution in [1.29, 1.82) is 5.26 Å². The summed E-state index contributed by atoms with van der Waals surface area (Å²) in [6.45, 7) is 0.273. The zero-order valence-corrected chi connectivity index (χ0v) is 6.15. The Morgan fingerprint density at radius 3 is 2.67 bits per heavy atom. The van der Waals surface area contributed by atoms with Crippen LogP contribution < -0.4 is 5.32 Å². The molecule has 1 N–H and O–H groups in total. The molecule has 0 unspecified atom stereocenters. The van der Waals surface area contributed by atoms with Gasteiger partial charge in [-0.05, 0) is 6.42 Å². The lowest BCUT2D eigenvalue weighted by molar-refractivity contribution is -0.165. The normalized spacial score (nSPS) is 23.8. The molecule has 1 atom stereocenters. The highest BCUT2D eigenvalue weighted by molar-refractivity contribution is 5.26. The lowest BCUT2D eigenvalue weighted by Gasteiger charge is -2.22. The molecule has 0 bridgehead atoms. The third-order valence-electron chi connectivity index (χ3n) is 1.73. The van der Waals surface area contributed by atoms with Crippen molar-refractivity contribution >= 4 is 0 Å². The van der Waals surface area contributed by atoms with E-state index in [-0.39, 0.29) is 18.5 Å². The van der Waals surface area contributed by atoms with E-state index >= 15 is 0 Å². The van der Waals surface area contributed by atoms with Crippen LogP contribution in [-0.2, 0) is 0 Å². The molecule has 1 rings (SSSR count). The van der Waals surface area contributed by atoms with E-state index in [1.54, 1.807) is 0 Å². The fraction of sp³-hybridized carbons (Fsp3) is 0.571. The molecule has 66 valence electrons. The number of hydrogen-bond donors (Lipinski definition) is 1. The van der Waals surface area contributed by atoms with E-state index in [1.807, 2.05) is 0 Å². The van der Waals surface area contributed by atoms with Crippen LogP contribution in [0.15, 0.2) is 11.8 Å². The van der Waals surface area contributed by atoms with Gasteiger partial charge in [-0.2, -0.15) is 18.4 Å². The van der Waals surface area contributed by atoms with E-state index in [9.17, 15) is 13.2 Å². The Balaban J connectivity index is 2.84. The Kier molecular flexibility index (Phi) is 2.27. The fourth-order valence-electron chi connectivity index (χ4n) is 1.12. The molecule has 0 fully saturated rings. The molecule has 0 aromatic heterocycles. The Morgan fingerprint density at radius 2 is 2.25 bits per heavy atom. The summed E-state index contributed by atoms with van der Waals surface area (Å²) in [6, 6.07) is 1.54. The molecule has 1 aliphatic rings. The second kappa shape index (κ2) is 3.05. The number of rotatable bonds is 0. The number of alkyl halides is 3. The van der Waals surface area contributed by atoms with Crippen LogP contribution in [-0.4, -0.2) is 12.7 Å². The van der Waals surface area contributed by atoms with Gasteiger partial charge in [0.1, 0.15) is 0 Å². The van der Waals surface area contributed by atoms with Gasteiger partial charge in [0, 0.05) is 12.7 Å². The minimum atomic E-state index is -4.29. The van der Waals surface area contributed by atoms with Crippen LogP contribution in [0.4, 0.5) is 13.2 Å². The molecule has 2 nitrogen and oxygen atoms in total. The maximum Gasteiger partial charge on any atom is 0.396 e. The predicted octanol–water partition coefficient (Wildman–Crippen LogP) is 1.57. The highest BCUT2D eigenvalue weighted by Gasteiger charge is 2.42. The Labute approximate surface area is 67.7 Å². The van der Waals surface area contributed by atoms with Gasteiger partial charge in [-0.3, -0.25) is 0 Å². The molecule has 0 aliphatic carbocycles. The van der Waals surface area contributed by atoms with Crippen molar-refractivity contribution in [1.82, 2.24) is 5.32 Å². The number of nitrogens with one attached hydrogen (secondary N) is 1. The first-order chi connectivity index (χ1) is 5.55. The molecule has 0 radical (unpaired) electrons. The smallest absolute Gasteiger partial charge is 0.390 e. The van der Waals surface area contributed by atoms with Crippen molar-refractivity contribution in [2.75, 3.05) is 6.54 Å². The van der Waals surface area contributed by atoms with Crippen LogP contribution in [0.1, 0.15) is 6.42 Å². The zero-order valence-electron chi connectivity index (χ0n) is 6.15. The van der Waals surface area contributed by atoms with Gasteiger partial charge in [-0.1, -0.05) is 0 Å². The zero-order chi connectivity index (χ0) is 9.19. The quantitative estimate of drug-likeness (QED) is 0.608. The molecule has 5 heteroatoms. The predicted molar refractivity (Wildman–Crippen MR) is 35.9 cm³/mol. The van der Waals surface area contributed by atoms with Gasteiger partial charge in [-0.25, -0.2) is 0 Å². The fourth-order valence-corrected chi connectivity index (χ4v) is 1.12. The Hall–Kier alpha value is -1.18. The summed E-state index contributed by atoms with van der Waals surface area (Å²) in [7, 11) is 0. The monoisotopic (exact) mass is 176 g/mol. The SMILES string of the molecule is N#CC1=CNCC[C@@H]1C(F)(F)F. The van der Waals surface area contributed by atoms with Crippen LogP contribution in [0, 0.1) is 17.2 Å². The number of halogens is 3. The average molecular weight is 176 g/mol. The van der Waals surface area contributed by atoms with E-state index in [1.165, 1.54) is 6.07 Å². The van der Waals surface area contributed by atoms with Gasteiger partial charge < -0.3 is 5.32 Å². The van der Waals surface area contributed by atoms with E-state index in [0.29, 0.717) is 0 Å². The second-order valence-corrected chi connectivity index (χ2v) is 2.55. The molecular formula is C7H7F3N2. The van der Waals surface area contributed by atoms with Gasteiger partial charge >= 0.3 is 6.18 Å². The molecule has 1 heterocycles. The number of nitriles is 1. The van der Waals surface area contributed by atoms with Gasteiger partial charge in [0.25, 0.3) is 0 Å². The van der Waals surface area contributed by atoms with E-state index < -0.39 is 12.1 Å². The van der Waals surface area contributed by atoms with Crippen LogP contribution in [0.5, 0.6) is 0 Å². The number of nitrogens with zero attached hydrogens (tertiary/aromatic N) is 1. The molecule has 0 saturated heterocycles. The van der Waals surface area contributed by atoms with Crippen molar-refractivity contribution in [3.8, 4) is 6.07 Å². The summed E-state index contributed by atoms with van der Waals surface area (Å²) in [5, 5.41) is 11.0. The van der Waals surface area contributed by atoms with Gasteiger partial charge in [0.15, 0.2) is 0 Å². The van der Waals surface area contributed by atoms with E-state index in [0.717, 1.165) is 6.20 Å². The largest absolute Gasteiger partial charge is 0.396 e. The first-order valence-electron chi connectivity index (χ1n) is 3.46. The summed E-state index contributed by atoms with van der Waals surface area (Å²) in [5.41, 5.74) is -0.228. The molecule has 1 aliphatic heterocycles. The topological polar surface area (TPSA) is 35.8 Å². The average Bonchev–Trinajstić information content (AvgIpc) is 2.03. The Morgan fingerprint density at radius 1 is 1.58 bits per heavy atom. The minimum absolute atomic E-state index is 0.0527. The summed E-state index contributed by atoms with van der Waals surface area (Å²) in [5.74, 6) is -1.58. The first-order valence-corrected chi connectivity index (χ1v) is 3.46. The van der Waals surface area contributed by atoms with Crippen LogP contribution in [0.3, 0.4) is 0 Å². The highest BCUT2D eigenvalue weighted by Crippen LogP contribution is 2.34. The van der Waals surface area contributed by atoms with Crippen molar-refractivity contribution < 1.29 is 13.2 Å². The Bertz CT molecular complexity index is 236. The molecule has 0 aromatic carbocycles. The second-order valence-electron chi connectivity index (χ2n) is 2.55. The molecule has 0 amide bonds. The summed E-state index contributed by atoms with van der Waals surface area (Å²) >= 11 is 0. The molecule has 0 aromatic rings. The number of hydrogen-bond acceptors (Lipinski definition) is 2. The van der Waals surface area contributed by atoms with Crippen LogP contribution >= 0.6 is 0 Å². The van der Waals surface area contributed by atoms with Crippen molar-refractivity contribution in [3.63, 3.8) is 0 Å². The molecule has 0 saturated carbocycles. The van der Waals surface area contributed by atoms with Crippen LogP contribution in [0.2, 0.25) is 0 Å². The lowest BCUT2D eigenvalue weighted by atomic mass is 9.94. The third-order valence-corrected chi connectivity index (χ3v) is 1.73. The number of allylic oxidation sites excluding steroid dienone is 1. The lowest BCUT2D eigenvalue weighted by Crippen LogP contribution is -2.31. The van der Waals surface area contributed by atoms with Crippen molar-refractivity contribution in [2.45, 2.75) is 12.6 Å². The molecule has 0 spiro atoms. The molecule has 12 heavy (non-hydrogen) atoms. The van der Waals surface area contributed by atoms with Crippen molar-refractivity contribution in [2.24, 2.45) is 5.92 Å².